The number of amides is 1. The molecule has 0 spiro atoms. The first kappa shape index (κ1) is 18.9. The number of anilines is 1. The molecule has 25 heavy (non-hydrogen) atoms. The van der Waals surface area contributed by atoms with Crippen LogP contribution in [0.4, 0.5) is 5.69 Å². The zero-order chi connectivity index (χ0) is 18.4. The molecule has 0 aliphatic rings. The number of nitrogens with zero attached hydrogens (tertiary/aromatic N) is 1. The number of nitrogens with one attached hydrogen (secondary N) is 2. The average Bonchev–Trinajstić information content (AvgIpc) is 2.56. The molecule has 2 aromatic rings. The van der Waals surface area contributed by atoms with Crippen molar-refractivity contribution in [1.82, 2.24) is 5.32 Å². The molecule has 5 nitrogen and oxygen atoms in total. The predicted molar refractivity (Wildman–Crippen MR) is 105 cm³/mol. The Balaban J connectivity index is 2.15. The van der Waals surface area contributed by atoms with Gasteiger partial charge in [0.05, 0.1) is 22.9 Å². The van der Waals surface area contributed by atoms with Crippen molar-refractivity contribution in [2.24, 2.45) is 0 Å². The number of hydrogen-bond donors (Lipinski definition) is 2. The third-order valence-corrected chi connectivity index (χ3v) is 3.77. The van der Waals surface area contributed by atoms with Crippen LogP contribution in [0.5, 0.6) is 5.75 Å². The third kappa shape index (κ3) is 5.28. The predicted octanol–water partition coefficient (Wildman–Crippen LogP) is 4.23. The summed E-state index contributed by atoms with van der Waals surface area (Å²) in [6.07, 6.45) is -0.0692. The van der Waals surface area contributed by atoms with Crippen LogP contribution in [0.15, 0.2) is 46.9 Å². The van der Waals surface area contributed by atoms with E-state index in [1.54, 1.807) is 42.5 Å². The van der Waals surface area contributed by atoms with Crippen molar-refractivity contribution in [2.45, 2.75) is 20.0 Å². The maximum absolute atomic E-state index is 12.5. The summed E-state index contributed by atoms with van der Waals surface area (Å²) in [6.45, 7) is 3.77. The molecule has 0 saturated carbocycles. The van der Waals surface area contributed by atoms with Crippen molar-refractivity contribution in [1.29, 1.82) is 5.26 Å². The number of para-hydroxylation sites is 1. The molecule has 0 aliphatic carbocycles. The molecule has 2 N–H and O–H groups in total. The van der Waals surface area contributed by atoms with Crippen LogP contribution in [0.3, 0.4) is 0 Å². The summed E-state index contributed by atoms with van der Waals surface area (Å²) in [5.74, 6) is 0.0693. The second-order valence-electron chi connectivity index (χ2n) is 5.37. The van der Waals surface area contributed by atoms with Crippen LogP contribution in [0, 0.1) is 11.3 Å². The van der Waals surface area contributed by atoms with Gasteiger partial charge in [-0.15, -0.1) is 0 Å². The number of thiocarbonyl (C=S) groups is 1. The minimum atomic E-state index is -0.399. The van der Waals surface area contributed by atoms with Crippen molar-refractivity contribution >= 4 is 44.9 Å². The van der Waals surface area contributed by atoms with Gasteiger partial charge in [-0.2, -0.15) is 5.26 Å². The van der Waals surface area contributed by atoms with E-state index in [1.807, 2.05) is 13.8 Å². The highest BCUT2D eigenvalue weighted by Gasteiger charge is 2.16. The number of carbonyl (C=O) groups excluding carboxylic acids is 1. The van der Waals surface area contributed by atoms with E-state index in [0.29, 0.717) is 22.6 Å². The molecule has 0 radical (unpaired) electrons. The molecule has 2 aromatic carbocycles. The fourth-order valence-electron chi connectivity index (χ4n) is 2.05. The lowest BCUT2D eigenvalue weighted by Gasteiger charge is -2.15. The highest BCUT2D eigenvalue weighted by molar-refractivity contribution is 9.10. The quantitative estimate of drug-likeness (QED) is 0.727. The minimum absolute atomic E-state index is 0.0692. The number of rotatable bonds is 4. The lowest BCUT2D eigenvalue weighted by molar-refractivity contribution is 0.0972. The van der Waals surface area contributed by atoms with Crippen LogP contribution >= 0.6 is 28.1 Å². The fraction of sp³-hybridized carbons (Fsp3) is 0.167. The van der Waals surface area contributed by atoms with Gasteiger partial charge in [0.15, 0.2) is 5.11 Å². The summed E-state index contributed by atoms with van der Waals surface area (Å²) in [5.41, 5.74) is 1.33. The first-order valence-corrected chi connectivity index (χ1v) is 8.68. The Morgan fingerprint density at radius 1 is 1.28 bits per heavy atom. The Morgan fingerprint density at radius 2 is 2.00 bits per heavy atom. The van der Waals surface area contributed by atoms with E-state index in [0.717, 1.165) is 4.47 Å². The molecule has 7 heteroatoms. The standard InChI is InChI=1S/C18H16BrN3O2S/c1-11(2)24-16-8-7-13(19)9-14(16)17(23)22-18(25)21-15-6-4-3-5-12(15)10-20/h3-9,11H,1-2H3,(H2,21,22,23,25). The Morgan fingerprint density at radius 3 is 2.68 bits per heavy atom. The Kier molecular flexibility index (Phi) is 6.51. The van der Waals surface area contributed by atoms with Crippen molar-refractivity contribution < 1.29 is 9.53 Å². The Hall–Kier alpha value is -2.43. The molecule has 0 fully saturated rings. The molecular weight excluding hydrogens is 402 g/mol. The molecule has 0 bridgehead atoms. The first-order valence-electron chi connectivity index (χ1n) is 7.48. The van der Waals surface area contributed by atoms with Gasteiger partial charge >= 0.3 is 0 Å². The molecular formula is C18H16BrN3O2S. The number of carbonyl (C=O) groups is 1. The van der Waals surface area contributed by atoms with E-state index in [4.69, 9.17) is 22.2 Å². The van der Waals surface area contributed by atoms with Crippen molar-refractivity contribution in [3.05, 3.63) is 58.1 Å². The van der Waals surface area contributed by atoms with E-state index >= 15 is 0 Å². The van der Waals surface area contributed by atoms with Crippen LogP contribution in [0.2, 0.25) is 0 Å². The van der Waals surface area contributed by atoms with E-state index in [1.165, 1.54) is 0 Å². The number of halogens is 1. The van der Waals surface area contributed by atoms with Gasteiger partial charge < -0.3 is 10.1 Å². The Bertz CT molecular complexity index is 846. The lowest BCUT2D eigenvalue weighted by Crippen LogP contribution is -2.34. The molecule has 2 rings (SSSR count). The van der Waals surface area contributed by atoms with E-state index < -0.39 is 5.91 Å². The summed E-state index contributed by atoms with van der Waals surface area (Å²) < 4.78 is 6.42. The van der Waals surface area contributed by atoms with Crippen LogP contribution in [0.25, 0.3) is 0 Å². The summed E-state index contributed by atoms with van der Waals surface area (Å²) in [6, 6.07) is 14.2. The lowest BCUT2D eigenvalue weighted by atomic mass is 10.2. The van der Waals surface area contributed by atoms with E-state index in [-0.39, 0.29) is 11.2 Å². The van der Waals surface area contributed by atoms with Crippen molar-refractivity contribution in [2.75, 3.05) is 5.32 Å². The van der Waals surface area contributed by atoms with Crippen molar-refractivity contribution in [3.8, 4) is 11.8 Å². The first-order chi connectivity index (χ1) is 11.9. The molecule has 0 unspecified atom stereocenters. The molecule has 1 amide bonds. The van der Waals surface area contributed by atoms with E-state index in [9.17, 15) is 4.79 Å². The molecule has 0 aromatic heterocycles. The van der Waals surface area contributed by atoms with Gasteiger partial charge in [0.2, 0.25) is 0 Å². The highest BCUT2D eigenvalue weighted by atomic mass is 79.9. The minimum Gasteiger partial charge on any atom is -0.490 e. The van der Waals surface area contributed by atoms with Gasteiger partial charge in [0.25, 0.3) is 5.91 Å². The second kappa shape index (κ2) is 8.60. The molecule has 128 valence electrons. The summed E-state index contributed by atoms with van der Waals surface area (Å²) >= 11 is 8.53. The number of hydrogen-bond acceptors (Lipinski definition) is 4. The van der Waals surface area contributed by atoms with Gasteiger partial charge in [0, 0.05) is 4.47 Å². The van der Waals surface area contributed by atoms with Gasteiger partial charge in [-0.25, -0.2) is 0 Å². The van der Waals surface area contributed by atoms with Crippen molar-refractivity contribution in [3.63, 3.8) is 0 Å². The van der Waals surface area contributed by atoms with Gasteiger partial charge in [-0.3, -0.25) is 10.1 Å². The maximum atomic E-state index is 12.5. The molecule has 0 atom stereocenters. The molecule has 0 saturated heterocycles. The topological polar surface area (TPSA) is 74.2 Å². The maximum Gasteiger partial charge on any atom is 0.261 e. The van der Waals surface area contributed by atoms with Gasteiger partial charge in [-0.05, 0) is 56.4 Å². The largest absolute Gasteiger partial charge is 0.490 e. The highest BCUT2D eigenvalue weighted by Crippen LogP contribution is 2.24. The smallest absolute Gasteiger partial charge is 0.261 e. The Labute approximate surface area is 160 Å². The zero-order valence-electron chi connectivity index (χ0n) is 13.7. The van der Waals surface area contributed by atoms with Crippen LogP contribution in [-0.2, 0) is 0 Å². The summed E-state index contributed by atoms with van der Waals surface area (Å²) in [4.78, 5) is 12.5. The second-order valence-corrected chi connectivity index (χ2v) is 6.70. The van der Waals surface area contributed by atoms with Crippen LogP contribution in [-0.4, -0.2) is 17.1 Å². The summed E-state index contributed by atoms with van der Waals surface area (Å²) in [5, 5.41) is 14.7. The van der Waals surface area contributed by atoms with Gasteiger partial charge in [0.1, 0.15) is 11.8 Å². The number of benzene rings is 2. The average molecular weight is 418 g/mol. The van der Waals surface area contributed by atoms with Crippen LogP contribution < -0.4 is 15.4 Å². The zero-order valence-corrected chi connectivity index (χ0v) is 16.1. The van der Waals surface area contributed by atoms with Gasteiger partial charge in [-0.1, -0.05) is 28.1 Å². The monoisotopic (exact) mass is 417 g/mol. The normalized spacial score (nSPS) is 10.0. The van der Waals surface area contributed by atoms with Crippen LogP contribution in [0.1, 0.15) is 29.8 Å². The SMILES string of the molecule is CC(C)Oc1ccc(Br)cc1C(=O)NC(=S)Nc1ccccc1C#N. The number of nitriles is 1. The summed E-state index contributed by atoms with van der Waals surface area (Å²) in [7, 11) is 0. The molecule has 0 heterocycles. The van der Waals surface area contributed by atoms with E-state index in [2.05, 4.69) is 32.6 Å². The third-order valence-electron chi connectivity index (χ3n) is 3.07. The number of ether oxygens (including phenoxy) is 1. The fourth-order valence-corrected chi connectivity index (χ4v) is 2.61. The molecule has 0 aliphatic heterocycles.